The highest BCUT2D eigenvalue weighted by atomic mass is 32.2. The van der Waals surface area contributed by atoms with Crippen LogP contribution in [-0.2, 0) is 38.7 Å². The number of unbranched alkanes of at least 4 members (excludes halogenated alkanes) is 15. The summed E-state index contributed by atoms with van der Waals surface area (Å²) in [6.45, 7) is 3.57. The second-order valence-electron chi connectivity index (χ2n) is 15.7. The Balaban J connectivity index is 2.45. The average molecular weight is 869 g/mol. The van der Waals surface area contributed by atoms with Gasteiger partial charge < -0.3 is 34.3 Å². The van der Waals surface area contributed by atoms with E-state index in [1.54, 1.807) is 0 Å². The van der Waals surface area contributed by atoms with Crippen LogP contribution in [0.3, 0.4) is 0 Å². The Kier molecular flexibility index (Phi) is 34.1. The third-order valence-corrected chi connectivity index (χ3v) is 10.8. The van der Waals surface area contributed by atoms with Crippen molar-refractivity contribution in [1.82, 2.24) is 0 Å². The van der Waals surface area contributed by atoms with Crippen molar-refractivity contribution in [2.75, 3.05) is 19.0 Å². The molecule has 1 fully saturated rings. The Morgan fingerprint density at radius 2 is 1.08 bits per heavy atom. The molecule has 60 heavy (non-hydrogen) atoms. The summed E-state index contributed by atoms with van der Waals surface area (Å²) in [5, 5.41) is 30.9. The largest absolute Gasteiger partial charge is 0.462 e. The molecular formula is C47H80O12S. The fourth-order valence-electron chi connectivity index (χ4n) is 6.57. The smallest absolute Gasteiger partial charge is 0.306 e. The molecule has 1 rings (SSSR count). The minimum Gasteiger partial charge on any atom is -0.462 e. The normalized spacial score (nSPS) is 20.7. The standard InChI is InChI=1S/C47H80O12S/c1-3-5-7-9-11-13-15-17-18-19-20-21-22-24-25-27-29-31-33-35-42(48)56-37-40(38-57-47-46(52)45(51)44(50)41(59-47)39-60(53,54)55)58-43(49)36-34-32-30-28-26-23-16-14-12-10-8-6-4-2/h6,8,12,14,17-18,23,26,30,32,40-41,44-47,50-52H,3-5,7,9-11,13,15-16,19-22,24-25,27-29,31,33-39H2,1-2H3,(H,53,54,55)/b8-6-,14-12-,18-17-,26-23-,32-30-. The molecule has 0 bridgehead atoms. The molecule has 1 saturated heterocycles. The van der Waals surface area contributed by atoms with Gasteiger partial charge in [0.1, 0.15) is 36.8 Å². The molecule has 1 aliphatic heterocycles. The van der Waals surface area contributed by atoms with Gasteiger partial charge in [-0.1, -0.05) is 152 Å². The van der Waals surface area contributed by atoms with Crippen molar-refractivity contribution in [2.45, 2.75) is 205 Å². The van der Waals surface area contributed by atoms with Gasteiger partial charge in [0, 0.05) is 12.8 Å². The van der Waals surface area contributed by atoms with E-state index in [1.165, 1.54) is 83.5 Å². The zero-order valence-corrected chi connectivity index (χ0v) is 37.6. The number of esters is 2. The lowest BCUT2D eigenvalue weighted by atomic mass is 10.00. The zero-order chi connectivity index (χ0) is 44.1. The van der Waals surface area contributed by atoms with Gasteiger partial charge in [0.2, 0.25) is 0 Å². The summed E-state index contributed by atoms with van der Waals surface area (Å²) in [6, 6.07) is 0. The summed E-state index contributed by atoms with van der Waals surface area (Å²) >= 11 is 0. The van der Waals surface area contributed by atoms with Crippen molar-refractivity contribution in [1.29, 1.82) is 0 Å². The lowest BCUT2D eigenvalue weighted by Crippen LogP contribution is -2.60. The predicted octanol–water partition coefficient (Wildman–Crippen LogP) is 9.34. The van der Waals surface area contributed by atoms with Crippen molar-refractivity contribution in [2.24, 2.45) is 0 Å². The summed E-state index contributed by atoms with van der Waals surface area (Å²) in [5.74, 6) is -2.09. The first kappa shape index (κ1) is 55.4. The first-order valence-corrected chi connectivity index (χ1v) is 24.5. The summed E-state index contributed by atoms with van der Waals surface area (Å²) in [4.78, 5) is 25.4. The fourth-order valence-corrected chi connectivity index (χ4v) is 7.26. The Morgan fingerprint density at radius 1 is 0.583 bits per heavy atom. The maximum absolute atomic E-state index is 12.7. The number of carbonyl (C=O) groups is 2. The molecule has 0 aromatic rings. The van der Waals surface area contributed by atoms with E-state index in [4.69, 9.17) is 18.9 Å². The highest BCUT2D eigenvalue weighted by Crippen LogP contribution is 2.24. The van der Waals surface area contributed by atoms with Crippen LogP contribution in [0.2, 0.25) is 0 Å². The van der Waals surface area contributed by atoms with E-state index in [-0.39, 0.29) is 19.4 Å². The van der Waals surface area contributed by atoms with Crippen molar-refractivity contribution >= 4 is 22.1 Å². The van der Waals surface area contributed by atoms with Crippen molar-refractivity contribution < 1.29 is 56.8 Å². The number of rotatable bonds is 37. The minimum atomic E-state index is -4.61. The molecule has 1 aliphatic rings. The Hall–Kier alpha value is -2.65. The summed E-state index contributed by atoms with van der Waals surface area (Å²) in [5.41, 5.74) is 0. The molecule has 12 nitrogen and oxygen atoms in total. The third-order valence-electron chi connectivity index (χ3n) is 10.1. The van der Waals surface area contributed by atoms with Crippen LogP contribution in [0.4, 0.5) is 0 Å². The van der Waals surface area contributed by atoms with Gasteiger partial charge in [0.05, 0.1) is 6.61 Å². The van der Waals surface area contributed by atoms with Crippen LogP contribution in [0.5, 0.6) is 0 Å². The van der Waals surface area contributed by atoms with Crippen LogP contribution in [-0.4, -0.2) is 96.0 Å². The Bertz CT molecular complexity index is 1340. The minimum absolute atomic E-state index is 0.0409. The Labute approximate surface area is 362 Å². The first-order valence-electron chi connectivity index (χ1n) is 22.8. The van der Waals surface area contributed by atoms with Crippen LogP contribution in [0, 0.1) is 0 Å². The molecule has 4 N–H and O–H groups in total. The summed E-state index contributed by atoms with van der Waals surface area (Å²) < 4.78 is 53.9. The molecule has 0 aromatic heterocycles. The van der Waals surface area contributed by atoms with Crippen LogP contribution < -0.4 is 0 Å². The van der Waals surface area contributed by atoms with Gasteiger partial charge in [0.15, 0.2) is 12.4 Å². The van der Waals surface area contributed by atoms with Gasteiger partial charge >= 0.3 is 11.9 Å². The van der Waals surface area contributed by atoms with E-state index in [2.05, 4.69) is 56.4 Å². The number of hydrogen-bond acceptors (Lipinski definition) is 11. The summed E-state index contributed by atoms with van der Waals surface area (Å²) in [6.07, 6.45) is 35.7. The maximum atomic E-state index is 12.7. The summed E-state index contributed by atoms with van der Waals surface area (Å²) in [7, 11) is -4.61. The molecule has 13 heteroatoms. The molecule has 6 unspecified atom stereocenters. The van der Waals surface area contributed by atoms with Gasteiger partial charge in [-0.15, -0.1) is 0 Å². The zero-order valence-electron chi connectivity index (χ0n) is 36.8. The quantitative estimate of drug-likeness (QED) is 0.0201. The molecule has 0 saturated carbocycles. The molecule has 0 aromatic carbocycles. The molecule has 0 aliphatic carbocycles. The van der Waals surface area contributed by atoms with E-state index in [9.17, 15) is 37.9 Å². The molecule has 6 atom stereocenters. The van der Waals surface area contributed by atoms with E-state index in [1.807, 2.05) is 18.2 Å². The second-order valence-corrected chi connectivity index (χ2v) is 17.2. The van der Waals surface area contributed by atoms with Gasteiger partial charge in [-0.25, -0.2) is 0 Å². The number of aliphatic hydroxyl groups is 3. The predicted molar refractivity (Wildman–Crippen MR) is 238 cm³/mol. The SMILES string of the molecule is CC/C=C\C/C=C\C/C=C\C/C=C\CCC(=O)OC(COC(=O)CCCCCCCCCCC/C=C\CCCCCCCC)COC1OC(CS(=O)(=O)O)C(O)C(O)C1O. The van der Waals surface area contributed by atoms with E-state index < -0.39 is 71.2 Å². The van der Waals surface area contributed by atoms with Crippen molar-refractivity contribution in [3.63, 3.8) is 0 Å². The Morgan fingerprint density at radius 3 is 1.63 bits per heavy atom. The molecular weight excluding hydrogens is 789 g/mol. The molecule has 0 spiro atoms. The number of carbonyl (C=O) groups excluding carboxylic acids is 2. The van der Waals surface area contributed by atoms with Gasteiger partial charge in [0.25, 0.3) is 10.1 Å². The van der Waals surface area contributed by atoms with Gasteiger partial charge in [-0.2, -0.15) is 8.42 Å². The van der Waals surface area contributed by atoms with Crippen molar-refractivity contribution in [3.05, 3.63) is 60.8 Å². The monoisotopic (exact) mass is 869 g/mol. The topological polar surface area (TPSA) is 186 Å². The third kappa shape index (κ3) is 31.2. The molecule has 0 amide bonds. The van der Waals surface area contributed by atoms with Crippen LogP contribution in [0.1, 0.15) is 168 Å². The highest BCUT2D eigenvalue weighted by molar-refractivity contribution is 7.85. The van der Waals surface area contributed by atoms with Crippen LogP contribution >= 0.6 is 0 Å². The van der Waals surface area contributed by atoms with Crippen molar-refractivity contribution in [3.8, 4) is 0 Å². The number of ether oxygens (including phenoxy) is 4. The highest BCUT2D eigenvalue weighted by Gasteiger charge is 2.46. The maximum Gasteiger partial charge on any atom is 0.306 e. The first-order chi connectivity index (χ1) is 29.0. The number of hydrogen-bond donors (Lipinski definition) is 4. The average Bonchev–Trinajstić information content (AvgIpc) is 3.21. The lowest BCUT2D eigenvalue weighted by molar-refractivity contribution is -0.297. The van der Waals surface area contributed by atoms with Gasteiger partial charge in [-0.05, 0) is 64.2 Å². The van der Waals surface area contributed by atoms with Crippen LogP contribution in [0.25, 0.3) is 0 Å². The molecule has 1 heterocycles. The fraction of sp³-hybridized carbons (Fsp3) is 0.745. The van der Waals surface area contributed by atoms with E-state index in [0.717, 1.165) is 38.5 Å². The van der Waals surface area contributed by atoms with E-state index in [0.29, 0.717) is 19.3 Å². The second kappa shape index (κ2) is 37.0. The molecule has 346 valence electrons. The van der Waals surface area contributed by atoms with Gasteiger partial charge in [-0.3, -0.25) is 14.1 Å². The van der Waals surface area contributed by atoms with E-state index >= 15 is 0 Å². The number of allylic oxidation sites excluding steroid dienone is 10. The number of aliphatic hydroxyl groups excluding tert-OH is 3. The van der Waals surface area contributed by atoms with Crippen LogP contribution in [0.15, 0.2) is 60.8 Å². The molecule has 0 radical (unpaired) electrons. The lowest BCUT2D eigenvalue weighted by Gasteiger charge is -2.40.